The van der Waals surface area contributed by atoms with E-state index in [0.29, 0.717) is 11.5 Å². The Morgan fingerprint density at radius 3 is 2.50 bits per heavy atom. The number of benzene rings is 2. The molecule has 0 aliphatic carbocycles. The molecule has 0 aliphatic heterocycles. The summed E-state index contributed by atoms with van der Waals surface area (Å²) in [4.78, 5) is 15.0. The number of rotatable bonds is 3. The van der Waals surface area contributed by atoms with E-state index in [2.05, 4.69) is 29.1 Å². The van der Waals surface area contributed by atoms with Gasteiger partial charge in [-0.1, -0.05) is 37.6 Å². The molecule has 2 aromatic carbocycles. The van der Waals surface area contributed by atoms with Gasteiger partial charge in [0, 0.05) is 10.9 Å². The molecule has 5 nitrogen and oxygen atoms in total. The number of aromatic nitrogens is 1. The fourth-order valence-corrected chi connectivity index (χ4v) is 2.49. The number of fused-ring (bicyclic) bond motifs is 1. The quantitative estimate of drug-likeness (QED) is 0.648. The van der Waals surface area contributed by atoms with Gasteiger partial charge in [0.25, 0.3) is 5.91 Å². The van der Waals surface area contributed by atoms with E-state index >= 15 is 0 Å². The van der Waals surface area contributed by atoms with Gasteiger partial charge < -0.3 is 10.1 Å². The molecule has 1 amide bonds. The standard InChI is InChI=1S/C19H19N3O2/c1-11(2)14-8-9-16-15(10-14)17(19(24)20-16)21-22-18(23)13-6-4-12(3)5-7-13/h4-11,20,24H,1-3H3. The number of H-pyrrole nitrogens is 1. The second-order valence-electron chi connectivity index (χ2n) is 6.15. The highest BCUT2D eigenvalue weighted by Crippen LogP contribution is 2.37. The predicted octanol–water partition coefficient (Wildman–Crippen LogP) is 5.23. The number of aryl methyl sites for hydroxylation is 1. The van der Waals surface area contributed by atoms with Gasteiger partial charge in [-0.2, -0.15) is 0 Å². The van der Waals surface area contributed by atoms with E-state index in [0.717, 1.165) is 22.0 Å². The minimum atomic E-state index is -0.441. The molecule has 0 atom stereocenters. The number of hydrogen-bond acceptors (Lipinski definition) is 3. The third kappa shape index (κ3) is 3.06. The fourth-order valence-electron chi connectivity index (χ4n) is 2.49. The van der Waals surface area contributed by atoms with E-state index in [-0.39, 0.29) is 11.6 Å². The second-order valence-corrected chi connectivity index (χ2v) is 6.15. The molecule has 0 saturated heterocycles. The lowest BCUT2D eigenvalue weighted by Crippen LogP contribution is -1.93. The Kier molecular flexibility index (Phi) is 4.16. The highest BCUT2D eigenvalue weighted by atomic mass is 16.3. The Bertz CT molecular complexity index is 922. The summed E-state index contributed by atoms with van der Waals surface area (Å²) >= 11 is 0. The average Bonchev–Trinajstić information content (AvgIpc) is 2.87. The number of azo groups is 1. The first-order valence-electron chi connectivity index (χ1n) is 7.83. The van der Waals surface area contributed by atoms with E-state index in [1.54, 1.807) is 12.1 Å². The SMILES string of the molecule is Cc1ccc(C(=O)N=Nc2c(O)[nH]c3ccc(C(C)C)cc23)cc1. The summed E-state index contributed by atoms with van der Waals surface area (Å²) in [6, 6.07) is 13.0. The lowest BCUT2D eigenvalue weighted by molar-refractivity contribution is 0.0995. The van der Waals surface area contributed by atoms with E-state index in [1.165, 1.54) is 0 Å². The van der Waals surface area contributed by atoms with Gasteiger partial charge in [-0.25, -0.2) is 0 Å². The third-order valence-corrected chi connectivity index (χ3v) is 3.98. The van der Waals surface area contributed by atoms with Gasteiger partial charge in [0.15, 0.2) is 5.69 Å². The van der Waals surface area contributed by atoms with Crippen LogP contribution in [0.1, 0.15) is 41.3 Å². The molecule has 0 aliphatic rings. The van der Waals surface area contributed by atoms with Gasteiger partial charge in [0.2, 0.25) is 5.88 Å². The van der Waals surface area contributed by atoms with E-state index < -0.39 is 5.91 Å². The first-order valence-corrected chi connectivity index (χ1v) is 7.83. The number of aromatic hydroxyl groups is 1. The van der Waals surface area contributed by atoms with Crippen LogP contribution < -0.4 is 0 Å². The van der Waals surface area contributed by atoms with E-state index in [1.807, 2.05) is 37.3 Å². The molecule has 24 heavy (non-hydrogen) atoms. The maximum atomic E-state index is 12.1. The summed E-state index contributed by atoms with van der Waals surface area (Å²) in [6.45, 7) is 6.14. The van der Waals surface area contributed by atoms with Crippen LogP contribution in [0.25, 0.3) is 10.9 Å². The van der Waals surface area contributed by atoms with E-state index in [4.69, 9.17) is 0 Å². The highest BCUT2D eigenvalue weighted by Gasteiger charge is 2.13. The Balaban J connectivity index is 1.96. The number of nitrogens with one attached hydrogen (secondary N) is 1. The fraction of sp³-hybridized carbons (Fsp3) is 0.211. The molecule has 0 saturated carbocycles. The number of amides is 1. The Hall–Kier alpha value is -2.95. The van der Waals surface area contributed by atoms with Crippen LogP contribution in [-0.4, -0.2) is 16.0 Å². The molecule has 1 heterocycles. The molecule has 0 bridgehead atoms. The number of carbonyl (C=O) groups is 1. The number of hydrogen-bond donors (Lipinski definition) is 2. The zero-order chi connectivity index (χ0) is 17.3. The maximum absolute atomic E-state index is 12.1. The van der Waals surface area contributed by atoms with Gasteiger partial charge in [-0.05, 0) is 42.7 Å². The summed E-state index contributed by atoms with van der Waals surface area (Å²) in [7, 11) is 0. The van der Waals surface area contributed by atoms with Crippen LogP contribution in [-0.2, 0) is 0 Å². The smallest absolute Gasteiger partial charge is 0.295 e. The van der Waals surface area contributed by atoms with Crippen molar-refractivity contribution in [2.24, 2.45) is 10.2 Å². The van der Waals surface area contributed by atoms with Gasteiger partial charge in [0.05, 0.1) is 5.52 Å². The van der Waals surface area contributed by atoms with Crippen molar-refractivity contribution in [1.82, 2.24) is 4.98 Å². The summed E-state index contributed by atoms with van der Waals surface area (Å²) in [5.41, 5.74) is 3.70. The van der Waals surface area contributed by atoms with E-state index in [9.17, 15) is 9.90 Å². The summed E-state index contributed by atoms with van der Waals surface area (Å²) in [5, 5.41) is 18.6. The van der Waals surface area contributed by atoms with Crippen molar-refractivity contribution in [3.05, 3.63) is 59.2 Å². The van der Waals surface area contributed by atoms with Crippen LogP contribution in [0.15, 0.2) is 52.7 Å². The van der Waals surface area contributed by atoms with Gasteiger partial charge in [-0.15, -0.1) is 10.2 Å². The van der Waals surface area contributed by atoms with Gasteiger partial charge in [-0.3, -0.25) is 4.79 Å². The van der Waals surface area contributed by atoms with Crippen LogP contribution >= 0.6 is 0 Å². The van der Waals surface area contributed by atoms with Crippen molar-refractivity contribution >= 4 is 22.5 Å². The van der Waals surface area contributed by atoms with Crippen molar-refractivity contribution in [2.45, 2.75) is 26.7 Å². The topological polar surface area (TPSA) is 77.8 Å². The van der Waals surface area contributed by atoms with Crippen LogP contribution in [0, 0.1) is 6.92 Å². The summed E-state index contributed by atoms with van der Waals surface area (Å²) in [5.74, 6) is -0.180. The molecule has 0 unspecified atom stereocenters. The zero-order valence-corrected chi connectivity index (χ0v) is 13.9. The van der Waals surface area contributed by atoms with Crippen LogP contribution in [0.5, 0.6) is 5.88 Å². The van der Waals surface area contributed by atoms with Crippen molar-refractivity contribution in [3.63, 3.8) is 0 Å². The van der Waals surface area contributed by atoms with Gasteiger partial charge >= 0.3 is 0 Å². The van der Waals surface area contributed by atoms with Crippen LogP contribution in [0.3, 0.4) is 0 Å². The average molecular weight is 321 g/mol. The third-order valence-electron chi connectivity index (χ3n) is 3.98. The lowest BCUT2D eigenvalue weighted by atomic mass is 10.0. The Morgan fingerprint density at radius 2 is 1.83 bits per heavy atom. The molecule has 1 aromatic heterocycles. The molecular weight excluding hydrogens is 302 g/mol. The second kappa shape index (κ2) is 6.28. The van der Waals surface area contributed by atoms with Crippen molar-refractivity contribution in [2.75, 3.05) is 0 Å². The van der Waals surface area contributed by atoms with Crippen molar-refractivity contribution in [1.29, 1.82) is 0 Å². The molecule has 5 heteroatoms. The Labute approximate surface area is 140 Å². The van der Waals surface area contributed by atoms with Crippen molar-refractivity contribution < 1.29 is 9.90 Å². The molecule has 3 rings (SSSR count). The van der Waals surface area contributed by atoms with Crippen LogP contribution in [0.2, 0.25) is 0 Å². The summed E-state index contributed by atoms with van der Waals surface area (Å²) < 4.78 is 0. The monoisotopic (exact) mass is 321 g/mol. The predicted molar refractivity (Wildman–Crippen MR) is 94.1 cm³/mol. The van der Waals surface area contributed by atoms with Crippen molar-refractivity contribution in [3.8, 4) is 5.88 Å². The number of nitrogens with zero attached hydrogens (tertiary/aromatic N) is 2. The molecule has 0 radical (unpaired) electrons. The zero-order valence-electron chi connectivity index (χ0n) is 13.9. The molecule has 122 valence electrons. The minimum absolute atomic E-state index is 0.0913. The van der Waals surface area contributed by atoms with Crippen LogP contribution in [0.4, 0.5) is 5.69 Å². The molecule has 3 aromatic rings. The molecule has 0 spiro atoms. The highest BCUT2D eigenvalue weighted by molar-refractivity contribution is 5.97. The molecule has 0 fully saturated rings. The summed E-state index contributed by atoms with van der Waals surface area (Å²) in [6.07, 6.45) is 0. The Morgan fingerprint density at radius 1 is 1.12 bits per heavy atom. The lowest BCUT2D eigenvalue weighted by Gasteiger charge is -2.04. The van der Waals surface area contributed by atoms with Gasteiger partial charge in [0.1, 0.15) is 0 Å². The first-order chi connectivity index (χ1) is 11.5. The number of carbonyl (C=O) groups excluding carboxylic acids is 1. The first kappa shape index (κ1) is 15.9. The largest absolute Gasteiger partial charge is 0.493 e. The minimum Gasteiger partial charge on any atom is -0.493 e. The normalized spacial score (nSPS) is 11.7. The molecule has 2 N–H and O–H groups in total. The number of aromatic amines is 1. The molecular formula is C19H19N3O2. The maximum Gasteiger partial charge on any atom is 0.295 e.